The summed E-state index contributed by atoms with van der Waals surface area (Å²) >= 11 is 0. The average Bonchev–Trinajstić information content (AvgIpc) is 3.22. The lowest BCUT2D eigenvalue weighted by molar-refractivity contribution is -0.162. The Morgan fingerprint density at radius 2 is 1.90 bits per heavy atom. The second-order valence-electron chi connectivity index (χ2n) is 9.15. The van der Waals surface area contributed by atoms with Crippen LogP contribution in [0.1, 0.15) is 38.5 Å². The predicted molar refractivity (Wildman–Crippen MR) is 119 cm³/mol. The summed E-state index contributed by atoms with van der Waals surface area (Å²) in [5, 5.41) is 3.54. The molecule has 4 atom stereocenters. The third-order valence-electron chi connectivity index (χ3n) is 7.45. The molecule has 0 saturated carbocycles. The normalized spacial score (nSPS) is 31.4. The molecule has 0 spiro atoms. The first-order valence-corrected chi connectivity index (χ1v) is 11.0. The predicted octanol–water partition coefficient (Wildman–Crippen LogP) is 1.95. The number of imidazole rings is 1. The fourth-order valence-corrected chi connectivity index (χ4v) is 6.05. The summed E-state index contributed by atoms with van der Waals surface area (Å²) < 4.78 is 2.13. The molecule has 9 heteroatoms. The second kappa shape index (κ2) is 9.88. The molecule has 1 N–H and O–H groups in total. The zero-order valence-corrected chi connectivity index (χ0v) is 19.0. The Morgan fingerprint density at radius 3 is 2.63 bits per heavy atom. The Kier molecular flexibility index (Phi) is 7.69. The molecule has 0 aromatic carbocycles. The number of nitrogens with one attached hydrogen (secondary N) is 1. The van der Waals surface area contributed by atoms with Gasteiger partial charge in [0, 0.05) is 57.0 Å². The van der Waals surface area contributed by atoms with Crippen LogP contribution in [0.15, 0.2) is 18.7 Å². The SMILES string of the molecule is Cl.Cl.O=C([C@H]1[C@@H]2CNC[C@@H](C2)[C@@H]2CCCC(=O)N21)N1CCC(Cn2ccnc2)CC1. The van der Waals surface area contributed by atoms with E-state index in [1.54, 1.807) is 0 Å². The highest BCUT2D eigenvalue weighted by Crippen LogP contribution is 2.40. The lowest BCUT2D eigenvalue weighted by atomic mass is 9.72. The fourth-order valence-electron chi connectivity index (χ4n) is 6.05. The van der Waals surface area contributed by atoms with Crippen LogP contribution in [0.5, 0.6) is 0 Å². The number of hydrogen-bond donors (Lipinski definition) is 1. The highest BCUT2D eigenvalue weighted by Gasteiger charge is 2.51. The number of hydrogen-bond acceptors (Lipinski definition) is 4. The molecule has 0 unspecified atom stereocenters. The largest absolute Gasteiger partial charge is 0.341 e. The Morgan fingerprint density at radius 1 is 1.13 bits per heavy atom. The molecule has 2 amide bonds. The van der Waals surface area contributed by atoms with Crippen molar-refractivity contribution in [3.8, 4) is 0 Å². The minimum atomic E-state index is -0.243. The fraction of sp³-hybridized carbons (Fsp3) is 0.762. The lowest BCUT2D eigenvalue weighted by Gasteiger charge is -2.54. The molecule has 0 aliphatic carbocycles. The number of fused-ring (bicyclic) bond motifs is 4. The number of halogens is 2. The van der Waals surface area contributed by atoms with Crippen LogP contribution < -0.4 is 5.32 Å². The minimum absolute atomic E-state index is 0. The van der Waals surface area contributed by atoms with Gasteiger partial charge in [0.25, 0.3) is 0 Å². The Labute approximate surface area is 190 Å². The number of nitrogens with zero attached hydrogens (tertiary/aromatic N) is 4. The maximum Gasteiger partial charge on any atom is 0.245 e. The molecule has 30 heavy (non-hydrogen) atoms. The molecule has 5 heterocycles. The summed E-state index contributed by atoms with van der Waals surface area (Å²) in [6.45, 7) is 4.45. The van der Waals surface area contributed by atoms with Crippen molar-refractivity contribution in [2.75, 3.05) is 26.2 Å². The maximum atomic E-state index is 13.6. The number of piperidine rings is 4. The molecule has 1 aromatic heterocycles. The van der Waals surface area contributed by atoms with Gasteiger partial charge in [-0.25, -0.2) is 4.98 Å². The van der Waals surface area contributed by atoms with Crippen molar-refractivity contribution in [1.29, 1.82) is 0 Å². The molecule has 2 bridgehead atoms. The highest BCUT2D eigenvalue weighted by molar-refractivity contribution is 5.89. The molecule has 5 rings (SSSR count). The number of aromatic nitrogens is 2. The average molecular weight is 458 g/mol. The van der Waals surface area contributed by atoms with Crippen molar-refractivity contribution in [3.05, 3.63) is 18.7 Å². The third kappa shape index (κ3) is 4.34. The first-order valence-electron chi connectivity index (χ1n) is 11.0. The third-order valence-corrected chi connectivity index (χ3v) is 7.45. The molecular formula is C21H33Cl2N5O2. The first-order chi connectivity index (χ1) is 13.7. The van der Waals surface area contributed by atoms with Gasteiger partial charge in [0.2, 0.25) is 11.8 Å². The van der Waals surface area contributed by atoms with Crippen molar-refractivity contribution in [2.45, 2.75) is 57.2 Å². The van der Waals surface area contributed by atoms with Gasteiger partial charge in [0.15, 0.2) is 0 Å². The number of rotatable bonds is 3. The van der Waals surface area contributed by atoms with Crippen molar-refractivity contribution in [1.82, 2.24) is 24.7 Å². The van der Waals surface area contributed by atoms with Gasteiger partial charge in [0.05, 0.1) is 6.33 Å². The molecule has 4 fully saturated rings. The van der Waals surface area contributed by atoms with Gasteiger partial charge in [0.1, 0.15) is 6.04 Å². The van der Waals surface area contributed by atoms with Gasteiger partial charge in [-0.3, -0.25) is 9.59 Å². The van der Waals surface area contributed by atoms with Gasteiger partial charge in [-0.15, -0.1) is 24.8 Å². The Bertz CT molecular complexity index is 723. The molecule has 7 nitrogen and oxygen atoms in total. The Hall–Kier alpha value is -1.31. The van der Waals surface area contributed by atoms with Gasteiger partial charge >= 0.3 is 0 Å². The Balaban J connectivity index is 0.00000128. The van der Waals surface area contributed by atoms with E-state index in [0.29, 0.717) is 18.3 Å². The van der Waals surface area contributed by atoms with Crippen LogP contribution in [0.25, 0.3) is 0 Å². The van der Waals surface area contributed by atoms with E-state index >= 15 is 0 Å². The minimum Gasteiger partial charge on any atom is -0.341 e. The zero-order valence-electron chi connectivity index (χ0n) is 17.3. The second-order valence-corrected chi connectivity index (χ2v) is 9.15. The van der Waals surface area contributed by atoms with Crippen LogP contribution >= 0.6 is 24.8 Å². The number of amides is 2. The summed E-state index contributed by atoms with van der Waals surface area (Å²) in [6.07, 6.45) is 11.5. The highest BCUT2D eigenvalue weighted by atomic mass is 35.5. The molecule has 4 saturated heterocycles. The van der Waals surface area contributed by atoms with Crippen LogP contribution in [-0.2, 0) is 16.1 Å². The first kappa shape index (κ1) is 23.4. The number of carbonyl (C=O) groups is 2. The summed E-state index contributed by atoms with van der Waals surface area (Å²) in [5.41, 5.74) is 0. The van der Waals surface area contributed by atoms with E-state index in [-0.39, 0.29) is 54.6 Å². The summed E-state index contributed by atoms with van der Waals surface area (Å²) in [5.74, 6) is 1.80. The van der Waals surface area contributed by atoms with E-state index in [0.717, 1.165) is 64.8 Å². The van der Waals surface area contributed by atoms with Crippen molar-refractivity contribution < 1.29 is 9.59 Å². The van der Waals surface area contributed by atoms with Crippen molar-refractivity contribution in [3.63, 3.8) is 0 Å². The van der Waals surface area contributed by atoms with Crippen LogP contribution in [0.4, 0.5) is 0 Å². The van der Waals surface area contributed by atoms with E-state index in [4.69, 9.17) is 0 Å². The smallest absolute Gasteiger partial charge is 0.245 e. The standard InChI is InChI=1S/C21H31N5O2.2ClH/c27-19-3-1-2-18-16-10-17(12-23-11-16)20(26(18)19)21(28)25-7-4-15(5-8-25)13-24-9-6-22-14-24;;/h6,9,14-18,20,23H,1-5,7-8,10-13H2;2*1H/t16-,17+,18+,20-;;/m1../s1. The molecular weight excluding hydrogens is 425 g/mol. The quantitative estimate of drug-likeness (QED) is 0.752. The van der Waals surface area contributed by atoms with Gasteiger partial charge in [-0.05, 0) is 50.5 Å². The van der Waals surface area contributed by atoms with Gasteiger partial charge in [-0.2, -0.15) is 0 Å². The summed E-state index contributed by atoms with van der Waals surface area (Å²) in [7, 11) is 0. The van der Waals surface area contributed by atoms with E-state index < -0.39 is 0 Å². The van der Waals surface area contributed by atoms with Crippen LogP contribution in [0, 0.1) is 17.8 Å². The van der Waals surface area contributed by atoms with Crippen LogP contribution in [0.3, 0.4) is 0 Å². The molecule has 0 radical (unpaired) electrons. The van der Waals surface area contributed by atoms with Gasteiger partial charge in [-0.1, -0.05) is 0 Å². The molecule has 4 aliphatic heterocycles. The lowest BCUT2D eigenvalue weighted by Crippen LogP contribution is -2.68. The van der Waals surface area contributed by atoms with Crippen molar-refractivity contribution >= 4 is 36.6 Å². The van der Waals surface area contributed by atoms with Gasteiger partial charge < -0.3 is 19.7 Å². The summed E-state index contributed by atoms with van der Waals surface area (Å²) in [6, 6.07) is 0.0186. The zero-order chi connectivity index (χ0) is 19.1. The molecule has 1 aromatic rings. The van der Waals surface area contributed by atoms with Crippen LogP contribution in [0.2, 0.25) is 0 Å². The van der Waals surface area contributed by atoms with Crippen LogP contribution in [-0.4, -0.2) is 69.4 Å². The molecule has 168 valence electrons. The number of carbonyl (C=O) groups excluding carboxylic acids is 2. The maximum absolute atomic E-state index is 13.6. The number of likely N-dealkylation sites (tertiary alicyclic amines) is 1. The molecule has 4 aliphatic rings. The monoisotopic (exact) mass is 457 g/mol. The van der Waals surface area contributed by atoms with E-state index in [1.165, 1.54) is 0 Å². The van der Waals surface area contributed by atoms with E-state index in [2.05, 4.69) is 14.9 Å². The summed E-state index contributed by atoms with van der Waals surface area (Å²) in [4.78, 5) is 34.6. The van der Waals surface area contributed by atoms with E-state index in [9.17, 15) is 9.59 Å². The van der Waals surface area contributed by atoms with Crippen molar-refractivity contribution in [2.24, 2.45) is 17.8 Å². The topological polar surface area (TPSA) is 70.5 Å². The van der Waals surface area contributed by atoms with E-state index in [1.807, 2.05) is 28.5 Å².